The van der Waals surface area contributed by atoms with Crippen LogP contribution >= 0.6 is 0 Å². The molecule has 0 aromatic heterocycles. The summed E-state index contributed by atoms with van der Waals surface area (Å²) < 4.78 is 0. The molecule has 2 nitrogen and oxygen atoms in total. The van der Waals surface area contributed by atoms with Gasteiger partial charge < -0.3 is 0 Å². The fourth-order valence-corrected chi connectivity index (χ4v) is 0.274. The SMILES string of the molecule is O=[C]/C=C/CC[C]=O. The van der Waals surface area contributed by atoms with Gasteiger partial charge in [0.2, 0.25) is 6.29 Å². The van der Waals surface area contributed by atoms with Crippen molar-refractivity contribution in [2.45, 2.75) is 12.8 Å². The summed E-state index contributed by atoms with van der Waals surface area (Å²) in [6.07, 6.45) is 7.03. The average Bonchev–Trinajstić information content (AvgIpc) is 1.81. The molecule has 0 spiro atoms. The smallest absolute Gasteiger partial charge is 0.225 e. The predicted molar refractivity (Wildman–Crippen MR) is 29.8 cm³/mol. The molecule has 0 aromatic carbocycles. The molecule has 2 radical (unpaired) electrons. The van der Waals surface area contributed by atoms with Crippen LogP contribution in [0, 0.1) is 0 Å². The minimum Gasteiger partial charge on any atom is -0.291 e. The van der Waals surface area contributed by atoms with Crippen molar-refractivity contribution >= 4 is 12.6 Å². The van der Waals surface area contributed by atoms with Gasteiger partial charge in [-0.05, 0) is 12.5 Å². The molecule has 0 amide bonds. The molecule has 0 aliphatic rings. The Hall–Kier alpha value is -0.920. The van der Waals surface area contributed by atoms with Crippen LogP contribution in [0.1, 0.15) is 12.8 Å². The van der Waals surface area contributed by atoms with Gasteiger partial charge in [-0.1, -0.05) is 6.08 Å². The van der Waals surface area contributed by atoms with Crippen molar-refractivity contribution in [1.82, 2.24) is 0 Å². The Balaban J connectivity index is 3.02. The molecule has 0 unspecified atom stereocenters. The van der Waals surface area contributed by atoms with Crippen molar-refractivity contribution in [3.05, 3.63) is 12.2 Å². The lowest BCUT2D eigenvalue weighted by molar-refractivity contribution is 0.551. The molecule has 0 rings (SSSR count). The lowest BCUT2D eigenvalue weighted by Crippen LogP contribution is -1.69. The zero-order valence-corrected chi connectivity index (χ0v) is 4.39. The molecule has 0 heterocycles. The number of carbonyl (C=O) groups excluding carboxylic acids is 2. The minimum absolute atomic E-state index is 0.359. The molecule has 0 atom stereocenters. The van der Waals surface area contributed by atoms with E-state index in [2.05, 4.69) is 0 Å². The Morgan fingerprint density at radius 2 is 2.12 bits per heavy atom. The van der Waals surface area contributed by atoms with Crippen molar-refractivity contribution in [2.75, 3.05) is 0 Å². The summed E-state index contributed by atoms with van der Waals surface area (Å²) in [6.45, 7) is 0. The molecule has 0 fully saturated rings. The van der Waals surface area contributed by atoms with E-state index in [0.29, 0.717) is 12.8 Å². The Morgan fingerprint density at radius 3 is 2.62 bits per heavy atom. The van der Waals surface area contributed by atoms with Crippen LogP contribution in [0.3, 0.4) is 0 Å². The maximum absolute atomic E-state index is 9.51. The van der Waals surface area contributed by atoms with E-state index in [1.807, 2.05) is 0 Å². The first-order chi connectivity index (χ1) is 3.91. The van der Waals surface area contributed by atoms with Crippen LogP contribution in [0.2, 0.25) is 0 Å². The van der Waals surface area contributed by atoms with Crippen molar-refractivity contribution in [3.8, 4) is 0 Å². The van der Waals surface area contributed by atoms with E-state index in [4.69, 9.17) is 0 Å². The highest BCUT2D eigenvalue weighted by molar-refractivity contribution is 5.65. The fraction of sp³-hybridized carbons (Fsp3) is 0.333. The van der Waals surface area contributed by atoms with Crippen LogP contribution in [0.5, 0.6) is 0 Å². The maximum Gasteiger partial charge on any atom is 0.225 e. The van der Waals surface area contributed by atoms with Gasteiger partial charge >= 0.3 is 0 Å². The van der Waals surface area contributed by atoms with Gasteiger partial charge in [0, 0.05) is 6.42 Å². The Kier molecular flexibility index (Phi) is 5.38. The number of unbranched alkanes of at least 4 members (excludes halogenated alkanes) is 1. The minimum atomic E-state index is 0.359. The van der Waals surface area contributed by atoms with Gasteiger partial charge in [0.05, 0.1) is 0 Å². The highest BCUT2D eigenvalue weighted by Crippen LogP contribution is 1.83. The predicted octanol–water partition coefficient (Wildman–Crippen LogP) is 0.542. The van der Waals surface area contributed by atoms with Crippen LogP contribution in [0.4, 0.5) is 0 Å². The lowest BCUT2D eigenvalue weighted by atomic mass is 10.3. The molecule has 2 heteroatoms. The first-order valence-corrected chi connectivity index (χ1v) is 2.29. The second-order valence-corrected chi connectivity index (χ2v) is 1.20. The number of rotatable bonds is 4. The van der Waals surface area contributed by atoms with Crippen molar-refractivity contribution < 1.29 is 9.59 Å². The van der Waals surface area contributed by atoms with Gasteiger partial charge in [0.25, 0.3) is 0 Å². The summed E-state index contributed by atoms with van der Waals surface area (Å²) in [5, 5.41) is 0. The largest absolute Gasteiger partial charge is 0.291 e. The summed E-state index contributed by atoms with van der Waals surface area (Å²) in [4.78, 5) is 19.0. The molecule has 42 valence electrons. The second-order valence-electron chi connectivity index (χ2n) is 1.20. The lowest BCUT2D eigenvalue weighted by Gasteiger charge is -1.74. The second kappa shape index (κ2) is 6.08. The van der Waals surface area contributed by atoms with E-state index >= 15 is 0 Å². The van der Waals surface area contributed by atoms with Gasteiger partial charge in [-0.3, -0.25) is 9.59 Å². The zero-order valence-electron chi connectivity index (χ0n) is 4.39. The van der Waals surface area contributed by atoms with Crippen molar-refractivity contribution in [2.24, 2.45) is 0 Å². The van der Waals surface area contributed by atoms with Crippen molar-refractivity contribution in [3.63, 3.8) is 0 Å². The molecule has 0 bridgehead atoms. The summed E-state index contributed by atoms with van der Waals surface area (Å²) >= 11 is 0. The molecular weight excluding hydrogens is 104 g/mol. The van der Waals surface area contributed by atoms with Gasteiger partial charge in [-0.25, -0.2) is 0 Å². The quantitative estimate of drug-likeness (QED) is 0.391. The zero-order chi connectivity index (χ0) is 6.24. The first kappa shape index (κ1) is 7.08. The molecule has 0 saturated heterocycles. The van der Waals surface area contributed by atoms with Gasteiger partial charge in [0.15, 0.2) is 6.29 Å². The average molecular weight is 110 g/mol. The van der Waals surface area contributed by atoms with Crippen LogP contribution < -0.4 is 0 Å². The summed E-state index contributed by atoms with van der Waals surface area (Å²) in [7, 11) is 0. The van der Waals surface area contributed by atoms with Crippen LogP contribution in [0.25, 0.3) is 0 Å². The van der Waals surface area contributed by atoms with E-state index in [0.717, 1.165) is 0 Å². The molecule has 0 saturated carbocycles. The fourth-order valence-electron chi connectivity index (χ4n) is 0.274. The first-order valence-electron chi connectivity index (χ1n) is 2.29. The molecule has 0 aliphatic carbocycles. The summed E-state index contributed by atoms with van der Waals surface area (Å²) in [6, 6.07) is 0. The number of hydrogen-bond donors (Lipinski definition) is 0. The van der Waals surface area contributed by atoms with Crippen LogP contribution in [-0.4, -0.2) is 12.6 Å². The third-order valence-corrected chi connectivity index (χ3v) is 0.599. The molecule has 8 heavy (non-hydrogen) atoms. The standard InChI is InChI=1S/C6H6O2/c7-5-3-1-2-4-6-8/h1,3H,2,4H2/b3-1+. The topological polar surface area (TPSA) is 34.1 Å². The normalized spacial score (nSPS) is 9.50. The Labute approximate surface area is 48.2 Å². The maximum atomic E-state index is 9.51. The highest BCUT2D eigenvalue weighted by Gasteiger charge is 1.76. The van der Waals surface area contributed by atoms with E-state index < -0.39 is 0 Å². The molecule has 0 N–H and O–H groups in total. The van der Waals surface area contributed by atoms with Crippen LogP contribution in [0.15, 0.2) is 12.2 Å². The highest BCUT2D eigenvalue weighted by atomic mass is 16.1. The van der Waals surface area contributed by atoms with Crippen LogP contribution in [-0.2, 0) is 9.59 Å². The molecule has 0 aromatic rings. The monoisotopic (exact) mass is 110 g/mol. The number of hydrogen-bond acceptors (Lipinski definition) is 2. The van der Waals surface area contributed by atoms with Crippen molar-refractivity contribution in [1.29, 1.82) is 0 Å². The van der Waals surface area contributed by atoms with E-state index in [9.17, 15) is 9.59 Å². The Bertz CT molecular complexity index is 94.7. The van der Waals surface area contributed by atoms with E-state index in [1.165, 1.54) is 6.08 Å². The van der Waals surface area contributed by atoms with E-state index in [-0.39, 0.29) is 0 Å². The van der Waals surface area contributed by atoms with Gasteiger partial charge in [-0.2, -0.15) is 0 Å². The third-order valence-electron chi connectivity index (χ3n) is 0.599. The third kappa shape index (κ3) is 5.08. The number of allylic oxidation sites excluding steroid dienone is 2. The van der Waals surface area contributed by atoms with Gasteiger partial charge in [-0.15, -0.1) is 0 Å². The summed E-state index contributed by atoms with van der Waals surface area (Å²) in [5.41, 5.74) is 0. The van der Waals surface area contributed by atoms with E-state index in [1.54, 1.807) is 18.6 Å². The summed E-state index contributed by atoms with van der Waals surface area (Å²) in [5.74, 6) is 0. The molecular formula is C6H6O2. The Morgan fingerprint density at radius 1 is 1.38 bits per heavy atom. The van der Waals surface area contributed by atoms with Gasteiger partial charge in [0.1, 0.15) is 0 Å². The molecule has 0 aliphatic heterocycles.